The molecule has 5 atom stereocenters. The topological polar surface area (TPSA) is 170 Å². The lowest BCUT2D eigenvalue weighted by Crippen LogP contribution is -2.55. The van der Waals surface area contributed by atoms with Crippen molar-refractivity contribution in [1.29, 1.82) is 5.26 Å². The van der Waals surface area contributed by atoms with E-state index in [0.29, 0.717) is 0 Å². The number of nitriles is 1. The zero-order chi connectivity index (χ0) is 24.6. The average molecular weight is 496 g/mol. The van der Waals surface area contributed by atoms with Crippen LogP contribution < -0.4 is 0 Å². The number of nitrogens with zero attached hydrogens (tertiary/aromatic N) is 6. The van der Waals surface area contributed by atoms with Gasteiger partial charge in [0, 0.05) is 11.6 Å². The summed E-state index contributed by atoms with van der Waals surface area (Å²) >= 11 is 0.794. The molecule has 0 saturated carbocycles. The molecule has 4 N–H and O–H groups in total. The van der Waals surface area contributed by atoms with Crippen LogP contribution in [0, 0.1) is 28.8 Å². The second kappa shape index (κ2) is 9.52. The van der Waals surface area contributed by atoms with E-state index in [-0.39, 0.29) is 22.0 Å². The second-order valence-electron chi connectivity index (χ2n) is 7.18. The molecule has 4 rings (SSSR count). The molecule has 178 valence electrons. The second-order valence-corrected chi connectivity index (χ2v) is 8.30. The normalized spacial score (nSPS) is 24.7. The van der Waals surface area contributed by atoms with Crippen molar-refractivity contribution in [3.05, 3.63) is 47.5 Å². The van der Waals surface area contributed by atoms with Crippen LogP contribution in [0.1, 0.15) is 11.7 Å². The Kier molecular flexibility index (Phi) is 6.68. The average Bonchev–Trinajstić information content (AvgIpc) is 3.29. The highest BCUT2D eigenvalue weighted by molar-refractivity contribution is 7.99. The summed E-state index contributed by atoms with van der Waals surface area (Å²) in [6.07, 6.45) is -2.97. The number of benzene rings is 1. The zero-order valence-electron chi connectivity index (χ0n) is 16.8. The number of thioether (sulfide) groups is 1. The first kappa shape index (κ1) is 23.9. The van der Waals surface area contributed by atoms with Gasteiger partial charge in [0.1, 0.15) is 46.6 Å². The number of aromatic nitrogens is 5. The standard InChI is InChI=1S/C19H15F3N6O5S/c20-8-1-7(2-9(21)15(8)22)11-5-28(27-25-11)16-17(31)13(6-29)33-19(18(16)32)34-14-3-12(30)10(4-23)24-26-14/h1-3,5,13,16-19,29,31-32H,6H2,(H,26,30). The maximum absolute atomic E-state index is 13.6. The van der Waals surface area contributed by atoms with Crippen LogP contribution in [0.3, 0.4) is 0 Å². The lowest BCUT2D eigenvalue weighted by Gasteiger charge is -2.41. The van der Waals surface area contributed by atoms with Crippen LogP contribution in [-0.2, 0) is 4.74 Å². The number of aromatic hydroxyl groups is 1. The fourth-order valence-corrected chi connectivity index (χ4v) is 4.36. The van der Waals surface area contributed by atoms with E-state index >= 15 is 0 Å². The third-order valence-electron chi connectivity index (χ3n) is 5.04. The van der Waals surface area contributed by atoms with E-state index in [0.717, 1.165) is 34.6 Å². The first-order chi connectivity index (χ1) is 16.2. The van der Waals surface area contributed by atoms with Crippen molar-refractivity contribution in [1.82, 2.24) is 25.2 Å². The molecule has 5 unspecified atom stereocenters. The summed E-state index contributed by atoms with van der Waals surface area (Å²) in [5.41, 5.74) is -1.66. The van der Waals surface area contributed by atoms with Crippen molar-refractivity contribution in [2.24, 2.45) is 0 Å². The van der Waals surface area contributed by atoms with Gasteiger partial charge in [0.2, 0.25) is 5.69 Å². The first-order valence-corrected chi connectivity index (χ1v) is 10.4. The van der Waals surface area contributed by atoms with E-state index in [1.165, 1.54) is 6.20 Å². The minimum absolute atomic E-state index is 0.0728. The number of rotatable bonds is 5. The zero-order valence-corrected chi connectivity index (χ0v) is 17.6. The van der Waals surface area contributed by atoms with E-state index in [1.807, 2.05) is 0 Å². The molecule has 2 aromatic heterocycles. The SMILES string of the molecule is N#Cc1nnc(SC2OC(CO)C(O)C(n3cc(-c4cc(F)c(F)c(F)c4)nn3)C2O)cc1O. The van der Waals surface area contributed by atoms with Gasteiger partial charge in [-0.1, -0.05) is 17.0 Å². The third-order valence-corrected chi connectivity index (χ3v) is 6.10. The molecule has 1 aromatic carbocycles. The lowest BCUT2D eigenvalue weighted by atomic mass is 9.97. The first-order valence-electron chi connectivity index (χ1n) is 9.56. The molecule has 34 heavy (non-hydrogen) atoms. The van der Waals surface area contributed by atoms with Gasteiger partial charge in [-0.05, 0) is 12.1 Å². The van der Waals surface area contributed by atoms with Crippen LogP contribution in [0.25, 0.3) is 11.3 Å². The van der Waals surface area contributed by atoms with Crippen molar-refractivity contribution in [2.45, 2.75) is 34.8 Å². The molecule has 0 spiro atoms. The molecule has 15 heteroatoms. The van der Waals surface area contributed by atoms with Crippen molar-refractivity contribution >= 4 is 11.8 Å². The van der Waals surface area contributed by atoms with Gasteiger partial charge in [-0.25, -0.2) is 17.9 Å². The lowest BCUT2D eigenvalue weighted by molar-refractivity contribution is -0.178. The summed E-state index contributed by atoms with van der Waals surface area (Å²) < 4.78 is 47.0. The Morgan fingerprint density at radius 1 is 1.09 bits per heavy atom. The summed E-state index contributed by atoms with van der Waals surface area (Å²) in [7, 11) is 0. The maximum atomic E-state index is 13.6. The number of hydrogen-bond donors (Lipinski definition) is 4. The Morgan fingerprint density at radius 3 is 2.41 bits per heavy atom. The maximum Gasteiger partial charge on any atom is 0.204 e. The van der Waals surface area contributed by atoms with Gasteiger partial charge in [-0.2, -0.15) is 5.26 Å². The minimum Gasteiger partial charge on any atom is -0.505 e. The highest BCUT2D eigenvalue weighted by Gasteiger charge is 2.46. The molecular formula is C19H15F3N6O5S. The monoisotopic (exact) mass is 496 g/mol. The third kappa shape index (κ3) is 4.41. The Bertz CT molecular complexity index is 1230. The molecule has 1 saturated heterocycles. The molecule has 1 fully saturated rings. The van der Waals surface area contributed by atoms with E-state index in [1.54, 1.807) is 6.07 Å². The number of aliphatic hydroxyl groups excluding tert-OH is 3. The van der Waals surface area contributed by atoms with Crippen LogP contribution >= 0.6 is 11.8 Å². The van der Waals surface area contributed by atoms with E-state index in [9.17, 15) is 33.6 Å². The smallest absolute Gasteiger partial charge is 0.204 e. The highest BCUT2D eigenvalue weighted by atomic mass is 32.2. The molecule has 0 bridgehead atoms. The summed E-state index contributed by atoms with van der Waals surface area (Å²) in [4.78, 5) is 0. The van der Waals surface area contributed by atoms with Crippen molar-refractivity contribution < 1.29 is 38.3 Å². The number of ether oxygens (including phenoxy) is 1. The van der Waals surface area contributed by atoms with Gasteiger partial charge in [-0.3, -0.25) is 0 Å². The molecule has 3 aromatic rings. The quantitative estimate of drug-likeness (QED) is 0.363. The van der Waals surface area contributed by atoms with Crippen LogP contribution in [0.2, 0.25) is 0 Å². The van der Waals surface area contributed by atoms with Gasteiger partial charge < -0.3 is 25.2 Å². The fourth-order valence-electron chi connectivity index (χ4n) is 3.36. The summed E-state index contributed by atoms with van der Waals surface area (Å²) in [6.45, 7) is -0.637. The van der Waals surface area contributed by atoms with Crippen LogP contribution in [0.5, 0.6) is 5.75 Å². The largest absolute Gasteiger partial charge is 0.505 e. The predicted octanol–water partition coefficient (Wildman–Crippen LogP) is 0.502. The van der Waals surface area contributed by atoms with Gasteiger partial charge in [-0.15, -0.1) is 15.3 Å². The number of halogens is 3. The molecule has 1 aliphatic rings. The Labute approximate surface area is 193 Å². The van der Waals surface area contributed by atoms with Crippen LogP contribution in [0.15, 0.2) is 29.4 Å². The molecule has 3 heterocycles. The van der Waals surface area contributed by atoms with Crippen molar-refractivity contribution in [2.75, 3.05) is 6.61 Å². The number of hydrogen-bond acceptors (Lipinski definition) is 11. The summed E-state index contributed by atoms with van der Waals surface area (Å²) in [5, 5.41) is 64.8. The minimum atomic E-state index is -1.64. The highest BCUT2D eigenvalue weighted by Crippen LogP contribution is 2.38. The Morgan fingerprint density at radius 2 is 1.79 bits per heavy atom. The Balaban J connectivity index is 1.63. The number of aliphatic hydroxyl groups is 3. The molecule has 0 amide bonds. The van der Waals surface area contributed by atoms with Crippen molar-refractivity contribution in [3.63, 3.8) is 0 Å². The molecule has 0 aliphatic carbocycles. The van der Waals surface area contributed by atoms with Gasteiger partial charge >= 0.3 is 0 Å². The van der Waals surface area contributed by atoms with E-state index in [4.69, 9.17) is 10.00 Å². The fraction of sp³-hybridized carbons (Fsp3) is 0.316. The molecule has 0 radical (unpaired) electrons. The van der Waals surface area contributed by atoms with Gasteiger partial charge in [0.15, 0.2) is 23.2 Å². The summed E-state index contributed by atoms with van der Waals surface area (Å²) in [5.74, 6) is -4.95. The van der Waals surface area contributed by atoms with E-state index in [2.05, 4.69) is 20.5 Å². The van der Waals surface area contributed by atoms with Crippen LogP contribution in [-0.4, -0.2) is 76.0 Å². The Hall–Kier alpha value is -3.29. The predicted molar refractivity (Wildman–Crippen MR) is 106 cm³/mol. The van der Waals surface area contributed by atoms with Gasteiger partial charge in [0.05, 0.1) is 12.8 Å². The molecule has 1 aliphatic heterocycles. The molecule has 11 nitrogen and oxygen atoms in total. The van der Waals surface area contributed by atoms with E-state index < -0.39 is 59.6 Å². The van der Waals surface area contributed by atoms with Gasteiger partial charge in [0.25, 0.3) is 0 Å². The summed E-state index contributed by atoms with van der Waals surface area (Å²) in [6, 6.07) is 2.97. The van der Waals surface area contributed by atoms with Crippen molar-refractivity contribution in [3.8, 4) is 23.1 Å². The van der Waals surface area contributed by atoms with Crippen LogP contribution in [0.4, 0.5) is 13.2 Å². The molecular weight excluding hydrogens is 481 g/mol.